The first-order valence-electron chi connectivity index (χ1n) is 9.65. The highest BCUT2D eigenvalue weighted by atomic mass is 19.1. The van der Waals surface area contributed by atoms with E-state index < -0.39 is 17.3 Å². The van der Waals surface area contributed by atoms with Gasteiger partial charge in [0, 0.05) is 24.6 Å². The fourth-order valence-electron chi connectivity index (χ4n) is 2.94. The molecule has 0 fully saturated rings. The van der Waals surface area contributed by atoms with E-state index in [-0.39, 0.29) is 5.69 Å². The molecule has 0 radical (unpaired) electrons. The van der Waals surface area contributed by atoms with Gasteiger partial charge in [-0.3, -0.25) is 9.59 Å². The zero-order valence-corrected chi connectivity index (χ0v) is 16.7. The molecule has 1 amide bonds. The highest BCUT2D eigenvalue weighted by Crippen LogP contribution is 2.19. The summed E-state index contributed by atoms with van der Waals surface area (Å²) in [5.41, 5.74) is 2.76. The first kappa shape index (κ1) is 20.2. The van der Waals surface area contributed by atoms with E-state index in [1.807, 2.05) is 31.2 Å². The number of carbonyl (C=O) groups excluding carboxylic acids is 1. The van der Waals surface area contributed by atoms with Crippen molar-refractivity contribution in [2.24, 2.45) is 0 Å². The summed E-state index contributed by atoms with van der Waals surface area (Å²) in [6.07, 6.45) is 2.03. The van der Waals surface area contributed by atoms with Crippen molar-refractivity contribution >= 4 is 5.91 Å². The number of halogens is 1. The zero-order chi connectivity index (χ0) is 21.8. The van der Waals surface area contributed by atoms with Gasteiger partial charge in [-0.25, -0.2) is 9.37 Å². The first-order valence-corrected chi connectivity index (χ1v) is 9.65. The molecule has 4 rings (SSSR count). The number of nitrogens with zero attached hydrogens (tertiary/aromatic N) is 3. The topological polar surface area (TPSA) is 90.0 Å². The number of amides is 1. The van der Waals surface area contributed by atoms with Crippen LogP contribution in [0.3, 0.4) is 0 Å². The molecule has 0 aliphatic heterocycles. The second kappa shape index (κ2) is 8.74. The van der Waals surface area contributed by atoms with Crippen molar-refractivity contribution in [3.05, 3.63) is 100 Å². The Hall–Kier alpha value is -4.07. The number of aromatic nitrogens is 3. The lowest BCUT2D eigenvalue weighted by Crippen LogP contribution is -2.30. The maximum atomic E-state index is 13.1. The quantitative estimate of drug-likeness (QED) is 0.519. The van der Waals surface area contributed by atoms with Crippen molar-refractivity contribution in [1.82, 2.24) is 20.1 Å². The van der Waals surface area contributed by atoms with E-state index in [9.17, 15) is 14.0 Å². The van der Waals surface area contributed by atoms with Crippen LogP contribution in [0, 0.1) is 12.7 Å². The number of oxazole rings is 1. The molecule has 0 aliphatic rings. The largest absolute Gasteiger partial charge is 0.444 e. The highest BCUT2D eigenvalue weighted by molar-refractivity contribution is 5.92. The first-order chi connectivity index (χ1) is 15.0. The summed E-state index contributed by atoms with van der Waals surface area (Å²) in [7, 11) is 0. The molecule has 2 aromatic carbocycles. The van der Waals surface area contributed by atoms with Crippen LogP contribution in [0.1, 0.15) is 21.7 Å². The Morgan fingerprint density at radius 2 is 1.81 bits per heavy atom. The van der Waals surface area contributed by atoms with E-state index in [1.165, 1.54) is 36.4 Å². The molecular weight excluding hydrogens is 399 g/mol. The Labute approximate surface area is 177 Å². The fourth-order valence-corrected chi connectivity index (χ4v) is 2.94. The number of benzene rings is 2. The predicted molar refractivity (Wildman–Crippen MR) is 113 cm³/mol. The van der Waals surface area contributed by atoms with Gasteiger partial charge in [-0.15, -0.1) is 0 Å². The third-order valence-electron chi connectivity index (χ3n) is 4.62. The molecule has 156 valence electrons. The number of hydrogen-bond acceptors (Lipinski definition) is 5. The van der Waals surface area contributed by atoms with Gasteiger partial charge in [0.05, 0.1) is 11.4 Å². The van der Waals surface area contributed by atoms with Crippen molar-refractivity contribution in [2.45, 2.75) is 13.3 Å². The monoisotopic (exact) mass is 418 g/mol. The molecular formula is C23H19FN4O3. The summed E-state index contributed by atoms with van der Waals surface area (Å²) in [5.74, 6) is -0.337. The Balaban J connectivity index is 1.39. The third-order valence-corrected chi connectivity index (χ3v) is 4.62. The van der Waals surface area contributed by atoms with E-state index in [4.69, 9.17) is 4.42 Å². The van der Waals surface area contributed by atoms with Crippen LogP contribution < -0.4 is 10.9 Å². The lowest BCUT2D eigenvalue weighted by atomic mass is 10.1. The van der Waals surface area contributed by atoms with E-state index >= 15 is 0 Å². The summed E-state index contributed by atoms with van der Waals surface area (Å²) in [4.78, 5) is 29.0. The van der Waals surface area contributed by atoms with E-state index in [0.29, 0.717) is 30.2 Å². The molecule has 31 heavy (non-hydrogen) atoms. The van der Waals surface area contributed by atoms with Gasteiger partial charge in [0.1, 0.15) is 17.8 Å². The zero-order valence-electron chi connectivity index (χ0n) is 16.7. The van der Waals surface area contributed by atoms with Crippen molar-refractivity contribution in [1.29, 1.82) is 0 Å². The predicted octanol–water partition coefficient (Wildman–Crippen LogP) is 3.31. The van der Waals surface area contributed by atoms with Crippen LogP contribution in [0.25, 0.3) is 17.1 Å². The number of hydrogen-bond donors (Lipinski definition) is 1. The molecule has 0 atom stereocenters. The van der Waals surface area contributed by atoms with Crippen molar-refractivity contribution < 1.29 is 13.6 Å². The molecule has 7 nitrogen and oxygen atoms in total. The van der Waals surface area contributed by atoms with Gasteiger partial charge in [0.25, 0.3) is 11.5 Å². The van der Waals surface area contributed by atoms with Crippen LogP contribution in [0.2, 0.25) is 0 Å². The van der Waals surface area contributed by atoms with Crippen LogP contribution >= 0.6 is 0 Å². The fraction of sp³-hybridized carbons (Fsp3) is 0.130. The Bertz CT molecular complexity index is 1260. The summed E-state index contributed by atoms with van der Waals surface area (Å²) < 4.78 is 19.7. The Morgan fingerprint density at radius 3 is 2.55 bits per heavy atom. The number of rotatable bonds is 6. The minimum Gasteiger partial charge on any atom is -0.444 e. The lowest BCUT2D eigenvalue weighted by molar-refractivity contribution is 0.0947. The normalized spacial score (nSPS) is 10.8. The maximum absolute atomic E-state index is 13.1. The van der Waals surface area contributed by atoms with E-state index in [1.54, 1.807) is 6.26 Å². The van der Waals surface area contributed by atoms with Crippen LogP contribution in [0.4, 0.5) is 4.39 Å². The second-order valence-corrected chi connectivity index (χ2v) is 6.96. The minimum atomic E-state index is -0.432. The summed E-state index contributed by atoms with van der Waals surface area (Å²) in [6, 6.07) is 15.7. The van der Waals surface area contributed by atoms with Crippen LogP contribution in [-0.2, 0) is 6.42 Å². The summed E-state index contributed by atoms with van der Waals surface area (Å²) >= 11 is 0. The molecule has 0 unspecified atom stereocenters. The average Bonchev–Trinajstić information content (AvgIpc) is 3.24. The molecule has 0 aliphatic carbocycles. The Morgan fingerprint density at radius 1 is 1.06 bits per heavy atom. The molecule has 1 N–H and O–H groups in total. The van der Waals surface area contributed by atoms with Gasteiger partial charge in [0.15, 0.2) is 0 Å². The van der Waals surface area contributed by atoms with Gasteiger partial charge >= 0.3 is 0 Å². The minimum absolute atomic E-state index is 0.0735. The third kappa shape index (κ3) is 4.75. The van der Waals surface area contributed by atoms with Crippen LogP contribution in [0.15, 0.2) is 76.1 Å². The second-order valence-electron chi connectivity index (χ2n) is 6.96. The number of nitrogens with one attached hydrogen (secondary N) is 1. The van der Waals surface area contributed by atoms with Gasteiger partial charge in [-0.05, 0) is 49.4 Å². The number of aryl methyl sites for hydroxylation is 1. The molecule has 0 saturated carbocycles. The SMILES string of the molecule is Cc1ccc(-c2nc(CCNC(=O)c3ccc(=O)n(-c4ccc(F)cc4)n3)co2)cc1. The molecule has 0 bridgehead atoms. The molecule has 2 heterocycles. The molecule has 2 aromatic heterocycles. The average molecular weight is 418 g/mol. The molecule has 0 spiro atoms. The molecule has 0 saturated heterocycles. The number of carbonyl (C=O) groups is 1. The van der Waals surface area contributed by atoms with Gasteiger partial charge in [0.2, 0.25) is 5.89 Å². The van der Waals surface area contributed by atoms with Crippen LogP contribution in [0.5, 0.6) is 0 Å². The van der Waals surface area contributed by atoms with E-state index in [2.05, 4.69) is 15.4 Å². The molecule has 8 heteroatoms. The van der Waals surface area contributed by atoms with Gasteiger partial charge in [-0.1, -0.05) is 17.7 Å². The van der Waals surface area contributed by atoms with E-state index in [0.717, 1.165) is 15.8 Å². The van der Waals surface area contributed by atoms with Crippen LogP contribution in [-0.4, -0.2) is 27.2 Å². The summed E-state index contributed by atoms with van der Waals surface area (Å²) in [5, 5.41) is 6.84. The van der Waals surface area contributed by atoms with Crippen molar-refractivity contribution in [2.75, 3.05) is 6.54 Å². The Kier molecular flexibility index (Phi) is 5.70. The van der Waals surface area contributed by atoms with Gasteiger partial charge < -0.3 is 9.73 Å². The molecule has 4 aromatic rings. The highest BCUT2D eigenvalue weighted by Gasteiger charge is 2.12. The maximum Gasteiger partial charge on any atom is 0.271 e. The standard InChI is InChI=1S/C23H19FN4O3/c1-15-2-4-16(5-3-15)23-26-18(14-31-23)12-13-25-22(30)20-10-11-21(29)28(27-20)19-8-6-17(24)7-9-19/h2-11,14H,12-13H2,1H3,(H,25,30). The summed E-state index contributed by atoms with van der Waals surface area (Å²) in [6.45, 7) is 2.32. The smallest absolute Gasteiger partial charge is 0.271 e. The van der Waals surface area contributed by atoms with Crippen molar-refractivity contribution in [3.63, 3.8) is 0 Å². The van der Waals surface area contributed by atoms with Crippen molar-refractivity contribution in [3.8, 4) is 17.1 Å². The lowest BCUT2D eigenvalue weighted by Gasteiger charge is -2.07. The van der Waals surface area contributed by atoms with Gasteiger partial charge in [-0.2, -0.15) is 9.78 Å².